The number of aliphatic hydroxyl groups is 3. The first kappa shape index (κ1) is 17.7. The van der Waals surface area contributed by atoms with Crippen molar-refractivity contribution in [2.45, 2.75) is 36.8 Å². The van der Waals surface area contributed by atoms with Crippen LogP contribution in [0.15, 0.2) is 54.6 Å². The minimum Gasteiger partial charge on any atom is -0.388 e. The molecule has 1 aliphatic heterocycles. The van der Waals surface area contributed by atoms with Crippen molar-refractivity contribution in [3.8, 4) is 0 Å². The van der Waals surface area contributed by atoms with Gasteiger partial charge in [-0.3, -0.25) is 14.5 Å². The predicted octanol–water partition coefficient (Wildman–Crippen LogP) is 0.618. The van der Waals surface area contributed by atoms with Crippen molar-refractivity contribution in [3.05, 3.63) is 65.7 Å². The molecule has 7 nitrogen and oxygen atoms in total. The zero-order valence-electron chi connectivity index (χ0n) is 14.4. The number of rotatable bonds is 3. The summed E-state index contributed by atoms with van der Waals surface area (Å²) in [5, 5.41) is 34.3. The maximum Gasteiger partial charge on any atom is 0.261 e. The van der Waals surface area contributed by atoms with E-state index in [4.69, 9.17) is 0 Å². The van der Waals surface area contributed by atoms with Crippen molar-refractivity contribution in [1.82, 2.24) is 4.90 Å². The maximum atomic E-state index is 12.7. The number of fused-ring (bicyclic) bond motifs is 1. The molecule has 140 valence electrons. The second-order valence-electron chi connectivity index (χ2n) is 6.92. The van der Waals surface area contributed by atoms with Gasteiger partial charge in [0.15, 0.2) is 0 Å². The molecule has 4 rings (SSSR count). The van der Waals surface area contributed by atoms with Crippen LogP contribution in [0.25, 0.3) is 0 Å². The fourth-order valence-corrected chi connectivity index (χ4v) is 3.87. The number of hydrogen-bond acceptors (Lipinski definition) is 6. The van der Waals surface area contributed by atoms with Gasteiger partial charge in [-0.05, 0) is 30.7 Å². The Morgan fingerprint density at radius 3 is 1.93 bits per heavy atom. The first-order chi connectivity index (χ1) is 13.0. The summed E-state index contributed by atoms with van der Waals surface area (Å²) in [5.74, 6) is -0.997. The lowest BCUT2D eigenvalue weighted by Gasteiger charge is -2.43. The minimum atomic E-state index is -1.49. The summed E-state index contributed by atoms with van der Waals surface area (Å²) in [6, 6.07) is 14.0. The van der Waals surface area contributed by atoms with E-state index in [-0.39, 0.29) is 17.5 Å². The first-order valence-corrected chi connectivity index (χ1v) is 8.81. The van der Waals surface area contributed by atoms with Gasteiger partial charge in [0, 0.05) is 5.69 Å². The second kappa shape index (κ2) is 6.77. The van der Waals surface area contributed by atoms with Crippen molar-refractivity contribution in [2.75, 3.05) is 5.32 Å². The van der Waals surface area contributed by atoms with Crippen LogP contribution in [-0.4, -0.2) is 62.4 Å². The molecule has 4 N–H and O–H groups in total. The van der Waals surface area contributed by atoms with Crippen LogP contribution in [0.2, 0.25) is 0 Å². The van der Waals surface area contributed by atoms with Crippen LogP contribution in [0.5, 0.6) is 0 Å². The van der Waals surface area contributed by atoms with Gasteiger partial charge in [-0.2, -0.15) is 0 Å². The lowest BCUT2D eigenvalue weighted by molar-refractivity contribution is -0.114. The smallest absolute Gasteiger partial charge is 0.261 e. The largest absolute Gasteiger partial charge is 0.388 e. The van der Waals surface area contributed by atoms with Crippen LogP contribution in [0.4, 0.5) is 5.69 Å². The normalized spacial score (nSPS) is 30.3. The Kier molecular flexibility index (Phi) is 4.43. The number of amides is 2. The van der Waals surface area contributed by atoms with E-state index in [0.29, 0.717) is 0 Å². The molecule has 0 spiro atoms. The molecule has 7 heteroatoms. The van der Waals surface area contributed by atoms with Gasteiger partial charge in [0.05, 0.1) is 23.2 Å². The lowest BCUT2D eigenvalue weighted by Crippen LogP contribution is -2.63. The molecular formula is C20H20N2O5. The molecule has 5 unspecified atom stereocenters. The summed E-state index contributed by atoms with van der Waals surface area (Å²) in [4.78, 5) is 26.5. The number of nitrogens with zero attached hydrogens (tertiary/aromatic N) is 1. The summed E-state index contributed by atoms with van der Waals surface area (Å²) >= 11 is 0. The molecule has 2 aliphatic rings. The van der Waals surface area contributed by atoms with Crippen molar-refractivity contribution in [3.63, 3.8) is 0 Å². The average molecular weight is 368 g/mol. The SMILES string of the molecule is O=C1c2ccccc2C(=O)N1C1CC(Nc2ccccc2)C(O)C(O)C1O. The summed E-state index contributed by atoms with van der Waals surface area (Å²) < 4.78 is 0. The monoisotopic (exact) mass is 368 g/mol. The number of carbonyl (C=O) groups is 2. The Hall–Kier alpha value is -2.74. The number of carbonyl (C=O) groups excluding carboxylic acids is 2. The third-order valence-electron chi connectivity index (χ3n) is 5.28. The van der Waals surface area contributed by atoms with Crippen molar-refractivity contribution in [2.24, 2.45) is 0 Å². The van der Waals surface area contributed by atoms with E-state index in [9.17, 15) is 24.9 Å². The highest BCUT2D eigenvalue weighted by Crippen LogP contribution is 2.32. The van der Waals surface area contributed by atoms with E-state index in [1.165, 1.54) is 0 Å². The first-order valence-electron chi connectivity index (χ1n) is 8.81. The zero-order chi connectivity index (χ0) is 19.1. The van der Waals surface area contributed by atoms with Crippen LogP contribution in [0.1, 0.15) is 27.1 Å². The number of hydrogen-bond donors (Lipinski definition) is 4. The topological polar surface area (TPSA) is 110 Å². The summed E-state index contributed by atoms with van der Waals surface area (Å²) in [6.45, 7) is 0. The van der Waals surface area contributed by atoms with Crippen molar-refractivity contribution in [1.29, 1.82) is 0 Å². The van der Waals surface area contributed by atoms with Gasteiger partial charge in [-0.15, -0.1) is 0 Å². The van der Waals surface area contributed by atoms with Gasteiger partial charge >= 0.3 is 0 Å². The Morgan fingerprint density at radius 1 is 0.778 bits per heavy atom. The van der Waals surface area contributed by atoms with Crippen LogP contribution in [-0.2, 0) is 0 Å². The minimum absolute atomic E-state index is 0.111. The third-order valence-corrected chi connectivity index (χ3v) is 5.28. The Bertz CT molecular complexity index is 837. The molecule has 2 amide bonds. The Balaban J connectivity index is 1.62. The number of anilines is 1. The highest BCUT2D eigenvalue weighted by Gasteiger charge is 2.50. The number of imide groups is 1. The summed E-state index contributed by atoms with van der Waals surface area (Å²) in [6.07, 6.45) is -4.06. The van der Waals surface area contributed by atoms with Crippen LogP contribution < -0.4 is 5.32 Å². The summed E-state index contributed by atoms with van der Waals surface area (Å²) in [5.41, 5.74) is 1.29. The van der Waals surface area contributed by atoms with Crippen molar-refractivity contribution < 1.29 is 24.9 Å². The molecule has 2 aromatic carbocycles. The van der Waals surface area contributed by atoms with Crippen LogP contribution in [0, 0.1) is 0 Å². The molecule has 0 bridgehead atoms. The maximum absolute atomic E-state index is 12.7. The van der Waals surface area contributed by atoms with Crippen LogP contribution >= 0.6 is 0 Å². The van der Waals surface area contributed by atoms with Gasteiger partial charge in [-0.1, -0.05) is 30.3 Å². The van der Waals surface area contributed by atoms with E-state index >= 15 is 0 Å². The standard InChI is InChI=1S/C20H20N2O5/c23-16-14(21-11-6-2-1-3-7-11)10-15(17(24)18(16)25)22-19(26)12-8-4-5-9-13(12)20(22)27/h1-9,14-18,21,23-25H,10H2. The Labute approximate surface area is 155 Å². The van der Waals surface area contributed by atoms with Gasteiger partial charge in [-0.25, -0.2) is 0 Å². The fourth-order valence-electron chi connectivity index (χ4n) is 3.87. The highest BCUT2D eigenvalue weighted by atomic mass is 16.4. The quantitative estimate of drug-likeness (QED) is 0.591. The molecule has 0 radical (unpaired) electrons. The number of benzene rings is 2. The molecule has 1 fully saturated rings. The molecule has 5 atom stereocenters. The number of aliphatic hydroxyl groups excluding tert-OH is 3. The Morgan fingerprint density at radius 2 is 1.33 bits per heavy atom. The number of para-hydroxylation sites is 1. The predicted molar refractivity (Wildman–Crippen MR) is 97.2 cm³/mol. The van der Waals surface area contributed by atoms with Gasteiger partial charge in [0.1, 0.15) is 18.3 Å². The molecular weight excluding hydrogens is 348 g/mol. The van der Waals surface area contributed by atoms with Gasteiger partial charge in [0.2, 0.25) is 0 Å². The third kappa shape index (κ3) is 2.90. The zero-order valence-corrected chi connectivity index (χ0v) is 14.4. The summed E-state index contributed by atoms with van der Waals surface area (Å²) in [7, 11) is 0. The molecule has 0 aromatic heterocycles. The van der Waals surface area contributed by atoms with E-state index in [1.807, 2.05) is 18.2 Å². The average Bonchev–Trinajstić information content (AvgIpc) is 2.94. The molecule has 1 heterocycles. The van der Waals surface area contributed by atoms with Crippen molar-refractivity contribution >= 4 is 17.5 Å². The highest BCUT2D eigenvalue weighted by molar-refractivity contribution is 6.21. The van der Waals surface area contributed by atoms with E-state index in [1.54, 1.807) is 36.4 Å². The van der Waals surface area contributed by atoms with E-state index < -0.39 is 42.2 Å². The van der Waals surface area contributed by atoms with E-state index in [2.05, 4.69) is 5.32 Å². The molecule has 27 heavy (non-hydrogen) atoms. The van der Waals surface area contributed by atoms with Gasteiger partial charge in [0.25, 0.3) is 11.8 Å². The molecule has 1 saturated carbocycles. The van der Waals surface area contributed by atoms with E-state index in [0.717, 1.165) is 10.6 Å². The van der Waals surface area contributed by atoms with Gasteiger partial charge < -0.3 is 20.6 Å². The molecule has 1 aliphatic carbocycles. The fraction of sp³-hybridized carbons (Fsp3) is 0.300. The second-order valence-corrected chi connectivity index (χ2v) is 6.92. The number of nitrogens with one attached hydrogen (secondary N) is 1. The van der Waals surface area contributed by atoms with Crippen LogP contribution in [0.3, 0.4) is 0 Å². The molecule has 0 saturated heterocycles. The lowest BCUT2D eigenvalue weighted by atomic mass is 9.83. The molecule has 2 aromatic rings.